The van der Waals surface area contributed by atoms with Gasteiger partial charge >= 0.3 is 0 Å². The molecule has 1 fully saturated rings. The van der Waals surface area contributed by atoms with E-state index in [1.165, 1.54) is 5.56 Å². The molecule has 2 atom stereocenters. The first-order valence-electron chi connectivity index (χ1n) is 7.07. The molecule has 0 amide bonds. The van der Waals surface area contributed by atoms with Gasteiger partial charge in [0.15, 0.2) is 0 Å². The molecule has 21 heavy (non-hydrogen) atoms. The van der Waals surface area contributed by atoms with Crippen molar-refractivity contribution in [3.8, 4) is 0 Å². The van der Waals surface area contributed by atoms with E-state index in [4.69, 9.17) is 4.18 Å². The van der Waals surface area contributed by atoms with Gasteiger partial charge in [-0.15, -0.1) is 0 Å². The van der Waals surface area contributed by atoms with Crippen LogP contribution in [0.5, 0.6) is 0 Å². The summed E-state index contributed by atoms with van der Waals surface area (Å²) in [5, 5.41) is 0. The van der Waals surface area contributed by atoms with Gasteiger partial charge in [0.25, 0.3) is 10.1 Å². The minimum absolute atomic E-state index is 0.227. The fraction of sp³-hybridized carbons (Fsp3) is 0.294. The average molecular weight is 302 g/mol. The molecule has 110 valence electrons. The van der Waals surface area contributed by atoms with E-state index in [1.807, 2.05) is 25.1 Å². The fourth-order valence-corrected chi connectivity index (χ4v) is 3.45. The number of hydrogen-bond acceptors (Lipinski definition) is 3. The SMILES string of the molecule is Cc1ccc(S(=O)(=O)OCC2CC2c2ccccc2)cc1. The average Bonchev–Trinajstić information content (AvgIpc) is 3.26. The summed E-state index contributed by atoms with van der Waals surface area (Å²) < 4.78 is 29.4. The highest BCUT2D eigenvalue weighted by Crippen LogP contribution is 2.47. The third kappa shape index (κ3) is 3.34. The van der Waals surface area contributed by atoms with E-state index in [-0.39, 0.29) is 11.5 Å². The van der Waals surface area contributed by atoms with Crippen LogP contribution in [-0.2, 0) is 14.3 Å². The summed E-state index contributed by atoms with van der Waals surface area (Å²) in [5.74, 6) is 0.729. The maximum absolute atomic E-state index is 12.1. The Kier molecular flexibility index (Phi) is 3.83. The van der Waals surface area contributed by atoms with Crippen LogP contribution in [0.15, 0.2) is 59.5 Å². The molecule has 0 aromatic heterocycles. The van der Waals surface area contributed by atoms with Gasteiger partial charge in [-0.2, -0.15) is 8.42 Å². The van der Waals surface area contributed by atoms with Crippen molar-refractivity contribution >= 4 is 10.1 Å². The molecule has 1 aliphatic rings. The van der Waals surface area contributed by atoms with Crippen molar-refractivity contribution in [2.45, 2.75) is 24.2 Å². The van der Waals surface area contributed by atoms with Gasteiger partial charge in [0.1, 0.15) is 0 Å². The largest absolute Gasteiger partial charge is 0.296 e. The molecule has 2 unspecified atom stereocenters. The monoisotopic (exact) mass is 302 g/mol. The van der Waals surface area contributed by atoms with E-state index in [1.54, 1.807) is 24.3 Å². The van der Waals surface area contributed by atoms with E-state index < -0.39 is 10.1 Å². The Hall–Kier alpha value is -1.65. The maximum Gasteiger partial charge on any atom is 0.296 e. The Labute approximate surface area is 125 Å². The van der Waals surface area contributed by atoms with Gasteiger partial charge in [0, 0.05) is 0 Å². The van der Waals surface area contributed by atoms with Gasteiger partial charge < -0.3 is 0 Å². The molecule has 2 aromatic rings. The molecule has 2 aromatic carbocycles. The van der Waals surface area contributed by atoms with Crippen LogP contribution >= 0.6 is 0 Å². The first kappa shape index (κ1) is 14.3. The van der Waals surface area contributed by atoms with Gasteiger partial charge in [-0.25, -0.2) is 0 Å². The molecule has 0 heterocycles. The van der Waals surface area contributed by atoms with E-state index in [9.17, 15) is 8.42 Å². The van der Waals surface area contributed by atoms with Gasteiger partial charge in [0.2, 0.25) is 0 Å². The molecular weight excluding hydrogens is 284 g/mol. The Morgan fingerprint density at radius 2 is 1.71 bits per heavy atom. The lowest BCUT2D eigenvalue weighted by molar-refractivity contribution is 0.299. The molecule has 0 radical (unpaired) electrons. The quantitative estimate of drug-likeness (QED) is 0.794. The van der Waals surface area contributed by atoms with Crippen LogP contribution in [0.1, 0.15) is 23.5 Å². The zero-order chi connectivity index (χ0) is 14.9. The number of aryl methyl sites for hydroxylation is 1. The normalized spacial score (nSPS) is 21.2. The molecule has 0 saturated heterocycles. The van der Waals surface area contributed by atoms with E-state index in [0.29, 0.717) is 11.8 Å². The zero-order valence-electron chi connectivity index (χ0n) is 11.9. The van der Waals surface area contributed by atoms with Crippen molar-refractivity contribution in [2.75, 3.05) is 6.61 Å². The minimum Gasteiger partial charge on any atom is -0.266 e. The van der Waals surface area contributed by atoms with Crippen molar-refractivity contribution in [3.63, 3.8) is 0 Å². The van der Waals surface area contributed by atoms with Gasteiger partial charge in [0.05, 0.1) is 11.5 Å². The molecule has 1 aliphatic carbocycles. The molecule has 4 heteroatoms. The molecular formula is C17H18O3S. The van der Waals surface area contributed by atoms with Crippen molar-refractivity contribution in [1.82, 2.24) is 0 Å². The van der Waals surface area contributed by atoms with Crippen molar-refractivity contribution in [1.29, 1.82) is 0 Å². The van der Waals surface area contributed by atoms with E-state index in [0.717, 1.165) is 12.0 Å². The third-order valence-corrected chi connectivity index (χ3v) is 5.19. The molecule has 0 bridgehead atoms. The van der Waals surface area contributed by atoms with Crippen LogP contribution < -0.4 is 0 Å². The van der Waals surface area contributed by atoms with Crippen molar-refractivity contribution in [3.05, 3.63) is 65.7 Å². The predicted molar refractivity (Wildman–Crippen MR) is 81.6 cm³/mol. The molecule has 3 rings (SSSR count). The second-order valence-corrected chi connectivity index (χ2v) is 7.18. The Balaban J connectivity index is 1.60. The Morgan fingerprint density at radius 1 is 1.05 bits per heavy atom. The summed E-state index contributed by atoms with van der Waals surface area (Å²) in [4.78, 5) is 0.227. The van der Waals surface area contributed by atoms with Crippen LogP contribution in [0.3, 0.4) is 0 Å². The lowest BCUT2D eigenvalue weighted by atomic mass is 10.1. The molecule has 0 N–H and O–H groups in total. The predicted octanol–water partition coefficient (Wildman–Crippen LogP) is 3.50. The summed E-state index contributed by atoms with van der Waals surface area (Å²) >= 11 is 0. The summed E-state index contributed by atoms with van der Waals surface area (Å²) in [6.07, 6.45) is 0.993. The second kappa shape index (κ2) is 5.62. The summed E-state index contributed by atoms with van der Waals surface area (Å²) in [6.45, 7) is 2.18. The zero-order valence-corrected chi connectivity index (χ0v) is 12.7. The lowest BCUT2D eigenvalue weighted by Gasteiger charge is -2.06. The summed E-state index contributed by atoms with van der Waals surface area (Å²) in [5.41, 5.74) is 2.29. The number of hydrogen-bond donors (Lipinski definition) is 0. The third-order valence-electron chi connectivity index (χ3n) is 3.90. The molecule has 1 saturated carbocycles. The second-order valence-electron chi connectivity index (χ2n) is 5.56. The summed E-state index contributed by atoms with van der Waals surface area (Å²) in [7, 11) is -3.64. The van der Waals surface area contributed by atoms with Crippen LogP contribution in [0, 0.1) is 12.8 Å². The Morgan fingerprint density at radius 3 is 2.38 bits per heavy atom. The van der Waals surface area contributed by atoms with Gasteiger partial charge in [-0.3, -0.25) is 4.18 Å². The highest BCUT2D eigenvalue weighted by molar-refractivity contribution is 7.86. The van der Waals surface area contributed by atoms with E-state index in [2.05, 4.69) is 12.1 Å². The molecule has 0 spiro atoms. The molecule has 0 aliphatic heterocycles. The number of rotatable bonds is 5. The minimum atomic E-state index is -3.64. The summed E-state index contributed by atoms with van der Waals surface area (Å²) in [6, 6.07) is 16.9. The van der Waals surface area contributed by atoms with Crippen LogP contribution in [0.4, 0.5) is 0 Å². The fourth-order valence-electron chi connectivity index (χ4n) is 2.49. The van der Waals surface area contributed by atoms with Crippen molar-refractivity contribution in [2.24, 2.45) is 5.92 Å². The maximum atomic E-state index is 12.1. The first-order valence-corrected chi connectivity index (χ1v) is 8.48. The lowest BCUT2D eigenvalue weighted by Crippen LogP contribution is -2.09. The van der Waals surface area contributed by atoms with Crippen LogP contribution in [0.25, 0.3) is 0 Å². The van der Waals surface area contributed by atoms with E-state index >= 15 is 0 Å². The highest BCUT2D eigenvalue weighted by Gasteiger charge is 2.39. The number of benzene rings is 2. The first-order chi connectivity index (χ1) is 10.1. The van der Waals surface area contributed by atoms with Crippen molar-refractivity contribution < 1.29 is 12.6 Å². The topological polar surface area (TPSA) is 43.4 Å². The standard InChI is InChI=1S/C17H18O3S/c1-13-7-9-16(10-8-13)21(18,19)20-12-15-11-17(15)14-5-3-2-4-6-14/h2-10,15,17H,11-12H2,1H3. The molecule has 3 nitrogen and oxygen atoms in total. The smallest absolute Gasteiger partial charge is 0.266 e. The van der Waals surface area contributed by atoms with Gasteiger partial charge in [-0.05, 0) is 42.9 Å². The Bertz CT molecular complexity index is 705. The van der Waals surface area contributed by atoms with Crippen LogP contribution in [-0.4, -0.2) is 15.0 Å². The van der Waals surface area contributed by atoms with Crippen LogP contribution in [0.2, 0.25) is 0 Å². The highest BCUT2D eigenvalue weighted by atomic mass is 32.2. The van der Waals surface area contributed by atoms with Gasteiger partial charge in [-0.1, -0.05) is 48.0 Å².